The van der Waals surface area contributed by atoms with E-state index in [1.807, 2.05) is 24.3 Å². The molecule has 0 unspecified atom stereocenters. The third kappa shape index (κ3) is 3.40. The smallest absolute Gasteiger partial charge is 0.276 e. The van der Waals surface area contributed by atoms with Crippen LogP contribution in [0.3, 0.4) is 0 Å². The van der Waals surface area contributed by atoms with Crippen LogP contribution in [-0.2, 0) is 5.41 Å². The molecule has 1 saturated carbocycles. The Morgan fingerprint density at radius 3 is 2.03 bits per heavy atom. The van der Waals surface area contributed by atoms with E-state index in [1.54, 1.807) is 13.1 Å². The molecule has 0 radical (unpaired) electrons. The van der Waals surface area contributed by atoms with Gasteiger partial charge in [-0.25, -0.2) is 4.98 Å². The molecule has 1 aliphatic carbocycles. The molecule has 0 amide bonds. The van der Waals surface area contributed by atoms with Crippen molar-refractivity contribution in [1.29, 1.82) is 0 Å². The quantitative estimate of drug-likeness (QED) is 0.447. The highest BCUT2D eigenvalue weighted by Gasteiger charge is 2.45. The first-order chi connectivity index (χ1) is 14.1. The van der Waals surface area contributed by atoms with Gasteiger partial charge < -0.3 is 9.26 Å². The molecule has 2 heterocycles. The van der Waals surface area contributed by atoms with E-state index in [9.17, 15) is 0 Å². The summed E-state index contributed by atoms with van der Waals surface area (Å²) in [7, 11) is 0. The van der Waals surface area contributed by atoms with Crippen LogP contribution in [0.25, 0.3) is 11.6 Å². The van der Waals surface area contributed by atoms with Gasteiger partial charge >= 0.3 is 0 Å². The SMILES string of the molecule is Cc1ccc(C2(c3ccc(Oc4ccc(-c5nc(C)no5)nc4)cc3)CC2)cc1. The number of aromatic nitrogens is 3. The second-order valence-electron chi connectivity index (χ2n) is 7.60. The summed E-state index contributed by atoms with van der Waals surface area (Å²) < 4.78 is 11.1. The maximum absolute atomic E-state index is 5.95. The Bertz CT molecular complexity index is 1130. The van der Waals surface area contributed by atoms with Crippen molar-refractivity contribution < 1.29 is 9.26 Å². The van der Waals surface area contributed by atoms with E-state index < -0.39 is 0 Å². The first-order valence-corrected chi connectivity index (χ1v) is 9.75. The molecule has 0 spiro atoms. The number of nitrogens with zero attached hydrogens (tertiary/aromatic N) is 3. The predicted molar refractivity (Wildman–Crippen MR) is 110 cm³/mol. The van der Waals surface area contributed by atoms with Crippen molar-refractivity contribution in [3.05, 3.63) is 89.4 Å². The largest absolute Gasteiger partial charge is 0.456 e. The van der Waals surface area contributed by atoms with E-state index in [1.165, 1.54) is 29.5 Å². The summed E-state index contributed by atoms with van der Waals surface area (Å²) in [6, 6.07) is 21.0. The van der Waals surface area contributed by atoms with Gasteiger partial charge in [-0.2, -0.15) is 4.98 Å². The molecule has 2 aromatic carbocycles. The average Bonchev–Trinajstić information content (AvgIpc) is 3.44. The monoisotopic (exact) mass is 383 g/mol. The van der Waals surface area contributed by atoms with Crippen LogP contribution in [0.15, 0.2) is 71.4 Å². The summed E-state index contributed by atoms with van der Waals surface area (Å²) in [4.78, 5) is 8.53. The topological polar surface area (TPSA) is 61.0 Å². The van der Waals surface area contributed by atoms with Gasteiger partial charge in [0.2, 0.25) is 0 Å². The summed E-state index contributed by atoms with van der Waals surface area (Å²) in [6.07, 6.45) is 4.05. The molecular formula is C24H21N3O2. The lowest BCUT2D eigenvalue weighted by molar-refractivity contribution is 0.424. The fourth-order valence-corrected chi connectivity index (χ4v) is 3.69. The highest BCUT2D eigenvalue weighted by Crippen LogP contribution is 2.53. The minimum Gasteiger partial charge on any atom is -0.456 e. The molecule has 4 aromatic rings. The molecule has 29 heavy (non-hydrogen) atoms. The van der Waals surface area contributed by atoms with Crippen molar-refractivity contribution in [2.75, 3.05) is 0 Å². The number of pyridine rings is 1. The molecule has 144 valence electrons. The van der Waals surface area contributed by atoms with Crippen LogP contribution in [0.4, 0.5) is 0 Å². The van der Waals surface area contributed by atoms with Crippen molar-refractivity contribution in [3.8, 4) is 23.1 Å². The van der Waals surface area contributed by atoms with E-state index in [0.29, 0.717) is 23.2 Å². The zero-order valence-corrected chi connectivity index (χ0v) is 16.4. The lowest BCUT2D eigenvalue weighted by Crippen LogP contribution is -2.08. The zero-order valence-electron chi connectivity index (χ0n) is 16.4. The summed E-state index contributed by atoms with van der Waals surface area (Å²) in [6.45, 7) is 3.90. The number of hydrogen-bond acceptors (Lipinski definition) is 5. The van der Waals surface area contributed by atoms with Crippen LogP contribution in [0, 0.1) is 13.8 Å². The highest BCUT2D eigenvalue weighted by atomic mass is 16.5. The van der Waals surface area contributed by atoms with Crippen molar-refractivity contribution in [2.45, 2.75) is 32.1 Å². The van der Waals surface area contributed by atoms with Gasteiger partial charge in [-0.3, -0.25) is 0 Å². The Kier molecular flexibility index (Phi) is 4.16. The Labute approximate surface area is 169 Å². The second kappa shape index (κ2) is 6.85. The number of hydrogen-bond donors (Lipinski definition) is 0. The molecule has 1 aliphatic rings. The first kappa shape index (κ1) is 17.6. The molecule has 0 bridgehead atoms. The Morgan fingerprint density at radius 2 is 1.48 bits per heavy atom. The van der Waals surface area contributed by atoms with Crippen LogP contribution in [0.1, 0.15) is 35.4 Å². The van der Waals surface area contributed by atoms with Gasteiger partial charge in [0.25, 0.3) is 5.89 Å². The molecule has 0 aliphatic heterocycles. The van der Waals surface area contributed by atoms with Crippen LogP contribution in [-0.4, -0.2) is 15.1 Å². The molecule has 1 fully saturated rings. The Hall–Kier alpha value is -3.47. The molecule has 5 nitrogen and oxygen atoms in total. The summed E-state index contributed by atoms with van der Waals surface area (Å²) in [5.74, 6) is 2.44. The number of ether oxygens (including phenoxy) is 1. The van der Waals surface area contributed by atoms with E-state index >= 15 is 0 Å². The molecule has 0 saturated heterocycles. The van der Waals surface area contributed by atoms with E-state index in [2.05, 4.69) is 58.4 Å². The van der Waals surface area contributed by atoms with Crippen molar-refractivity contribution in [1.82, 2.24) is 15.1 Å². The van der Waals surface area contributed by atoms with Gasteiger partial charge in [0.05, 0.1) is 6.20 Å². The second-order valence-corrected chi connectivity index (χ2v) is 7.60. The fraction of sp³-hybridized carbons (Fsp3) is 0.208. The molecular weight excluding hydrogens is 362 g/mol. The van der Waals surface area contributed by atoms with Crippen LogP contribution in [0.2, 0.25) is 0 Å². The fourth-order valence-electron chi connectivity index (χ4n) is 3.69. The van der Waals surface area contributed by atoms with Gasteiger partial charge in [0.1, 0.15) is 17.2 Å². The van der Waals surface area contributed by atoms with Crippen molar-refractivity contribution in [3.63, 3.8) is 0 Å². The standard InChI is InChI=1S/C24H21N3O2/c1-16-3-5-18(6-4-16)24(13-14-24)19-7-9-20(10-8-19)28-21-11-12-22(25-15-21)23-26-17(2)27-29-23/h3-12,15H,13-14H2,1-2H3. The molecule has 2 aromatic heterocycles. The average molecular weight is 383 g/mol. The number of aryl methyl sites for hydroxylation is 2. The van der Waals surface area contributed by atoms with E-state index in [-0.39, 0.29) is 5.41 Å². The first-order valence-electron chi connectivity index (χ1n) is 9.75. The summed E-state index contributed by atoms with van der Waals surface area (Å²) in [5.41, 5.74) is 4.82. The molecule has 0 atom stereocenters. The molecule has 5 heteroatoms. The lowest BCUT2D eigenvalue weighted by Gasteiger charge is -2.17. The third-order valence-electron chi connectivity index (χ3n) is 5.48. The number of benzene rings is 2. The number of rotatable bonds is 5. The summed E-state index contributed by atoms with van der Waals surface area (Å²) in [5, 5.41) is 3.78. The van der Waals surface area contributed by atoms with E-state index in [4.69, 9.17) is 9.26 Å². The van der Waals surface area contributed by atoms with Crippen molar-refractivity contribution in [2.24, 2.45) is 0 Å². The zero-order chi connectivity index (χ0) is 19.8. The minimum atomic E-state index is 0.164. The lowest BCUT2D eigenvalue weighted by atomic mass is 9.88. The molecule has 0 N–H and O–H groups in total. The Balaban J connectivity index is 1.31. The maximum Gasteiger partial charge on any atom is 0.276 e. The minimum absolute atomic E-state index is 0.164. The highest BCUT2D eigenvalue weighted by molar-refractivity contribution is 5.49. The summed E-state index contributed by atoms with van der Waals surface area (Å²) >= 11 is 0. The van der Waals surface area contributed by atoms with Crippen molar-refractivity contribution >= 4 is 0 Å². The van der Waals surface area contributed by atoms with Crippen LogP contribution in [0.5, 0.6) is 11.5 Å². The van der Waals surface area contributed by atoms with Crippen LogP contribution < -0.4 is 4.74 Å². The van der Waals surface area contributed by atoms with Crippen LogP contribution >= 0.6 is 0 Å². The van der Waals surface area contributed by atoms with Gasteiger partial charge in [0.15, 0.2) is 5.82 Å². The maximum atomic E-state index is 5.95. The predicted octanol–water partition coefficient (Wildman–Crippen LogP) is 5.62. The van der Waals surface area contributed by atoms with Gasteiger partial charge in [0, 0.05) is 5.41 Å². The normalized spacial score (nSPS) is 14.6. The van der Waals surface area contributed by atoms with Gasteiger partial charge in [-0.15, -0.1) is 0 Å². The van der Waals surface area contributed by atoms with Gasteiger partial charge in [-0.1, -0.05) is 47.1 Å². The Morgan fingerprint density at radius 1 is 0.828 bits per heavy atom. The molecule has 5 rings (SSSR count). The third-order valence-corrected chi connectivity index (χ3v) is 5.48. The van der Waals surface area contributed by atoms with Gasteiger partial charge in [-0.05, 0) is 62.1 Å². The van der Waals surface area contributed by atoms with E-state index in [0.717, 1.165) is 5.75 Å².